The monoisotopic (exact) mass is 350 g/mol. The van der Waals surface area contributed by atoms with E-state index in [1.54, 1.807) is 6.92 Å². The fraction of sp³-hybridized carbons (Fsp3) is 0.125. The van der Waals surface area contributed by atoms with Gasteiger partial charge in [-0.3, -0.25) is 4.79 Å². The number of nitrogens with zero attached hydrogens (tertiary/aromatic N) is 1. The molecule has 1 atom stereocenters. The Kier molecular flexibility index (Phi) is 4.54. The summed E-state index contributed by atoms with van der Waals surface area (Å²) in [6, 6.07) is 11.2. The summed E-state index contributed by atoms with van der Waals surface area (Å²) in [5, 5.41) is 2.78. The Labute approximate surface area is 141 Å². The van der Waals surface area contributed by atoms with Crippen LogP contribution in [0.15, 0.2) is 52.1 Å². The minimum Gasteiger partial charge on any atom is -0.431 e. The number of nitrogens with one attached hydrogen (secondary N) is 1. The summed E-state index contributed by atoms with van der Waals surface area (Å²) in [6.07, 6.45) is 0. The van der Waals surface area contributed by atoms with Crippen LogP contribution in [-0.2, 0) is 4.79 Å². The lowest BCUT2D eigenvalue weighted by atomic mass is 10.3. The van der Waals surface area contributed by atoms with Gasteiger partial charge in [-0.15, -0.1) is 0 Å². The summed E-state index contributed by atoms with van der Waals surface area (Å²) in [7, 11) is 0. The van der Waals surface area contributed by atoms with Gasteiger partial charge < -0.3 is 9.73 Å². The Hall–Kier alpha value is -2.05. The van der Waals surface area contributed by atoms with E-state index in [1.165, 1.54) is 23.9 Å². The average molecular weight is 351 g/mol. The molecule has 0 unspecified atom stereocenters. The second-order valence-corrected chi connectivity index (χ2v) is 6.52. The molecule has 1 N–H and O–H groups in total. The maximum absolute atomic E-state index is 13.0. The molecule has 1 heterocycles. The zero-order chi connectivity index (χ0) is 16.4. The van der Waals surface area contributed by atoms with Gasteiger partial charge in [-0.1, -0.05) is 35.5 Å². The summed E-state index contributed by atoms with van der Waals surface area (Å²) >= 11 is 7.10. The third-order valence-electron chi connectivity index (χ3n) is 3.11. The van der Waals surface area contributed by atoms with Crippen LogP contribution in [0, 0.1) is 5.82 Å². The molecule has 3 rings (SSSR count). The van der Waals surface area contributed by atoms with Gasteiger partial charge in [0, 0.05) is 0 Å². The highest BCUT2D eigenvalue weighted by atomic mass is 35.5. The number of rotatable bonds is 4. The van der Waals surface area contributed by atoms with Crippen molar-refractivity contribution in [3.05, 3.63) is 53.3 Å². The summed E-state index contributed by atoms with van der Waals surface area (Å²) < 4.78 is 18.6. The fourth-order valence-electron chi connectivity index (χ4n) is 1.93. The van der Waals surface area contributed by atoms with Crippen LogP contribution < -0.4 is 5.32 Å². The first-order valence-corrected chi connectivity index (χ1v) is 8.07. The lowest BCUT2D eigenvalue weighted by Gasteiger charge is -2.11. The number of anilines is 1. The second kappa shape index (κ2) is 6.60. The number of carbonyl (C=O) groups excluding carboxylic acids is 1. The van der Waals surface area contributed by atoms with Crippen molar-refractivity contribution >= 4 is 46.1 Å². The minimum atomic E-state index is -0.457. The Morgan fingerprint density at radius 3 is 2.87 bits per heavy atom. The summed E-state index contributed by atoms with van der Waals surface area (Å²) in [4.78, 5) is 16.5. The Morgan fingerprint density at radius 2 is 2.13 bits per heavy atom. The van der Waals surface area contributed by atoms with Gasteiger partial charge in [-0.05, 0) is 37.3 Å². The van der Waals surface area contributed by atoms with Crippen LogP contribution in [0.3, 0.4) is 0 Å². The topological polar surface area (TPSA) is 55.1 Å². The van der Waals surface area contributed by atoms with Crippen molar-refractivity contribution in [1.82, 2.24) is 4.98 Å². The van der Waals surface area contributed by atoms with Gasteiger partial charge >= 0.3 is 0 Å². The number of fused-ring (bicyclic) bond motifs is 1. The number of amides is 1. The van der Waals surface area contributed by atoms with Gasteiger partial charge in [0.2, 0.25) is 5.91 Å². The number of hydrogen-bond donors (Lipinski definition) is 1. The van der Waals surface area contributed by atoms with Crippen molar-refractivity contribution in [2.24, 2.45) is 0 Å². The molecule has 1 amide bonds. The van der Waals surface area contributed by atoms with Crippen molar-refractivity contribution in [3.63, 3.8) is 0 Å². The molecule has 3 aromatic rings. The standard InChI is InChI=1S/C16H12ClFN2O2S/c1-9(15(21)19-12-7-6-10(18)8-11(12)17)23-16-20-13-4-2-3-5-14(13)22-16/h2-9H,1H3,(H,19,21)/t9-/m1/s1. The smallest absolute Gasteiger partial charge is 0.257 e. The minimum absolute atomic E-state index is 0.150. The number of hydrogen-bond acceptors (Lipinski definition) is 4. The maximum Gasteiger partial charge on any atom is 0.257 e. The first kappa shape index (κ1) is 15.8. The number of benzene rings is 2. The molecule has 0 fully saturated rings. The van der Waals surface area contributed by atoms with E-state index in [-0.39, 0.29) is 10.9 Å². The Bertz CT molecular complexity index is 835. The molecule has 0 radical (unpaired) electrons. The van der Waals surface area contributed by atoms with Crippen LogP contribution >= 0.6 is 23.4 Å². The third-order valence-corrected chi connectivity index (χ3v) is 4.37. The van der Waals surface area contributed by atoms with Crippen molar-refractivity contribution < 1.29 is 13.6 Å². The zero-order valence-electron chi connectivity index (χ0n) is 12.0. The van der Waals surface area contributed by atoms with Crippen LogP contribution in [0.1, 0.15) is 6.92 Å². The molecule has 0 aliphatic heterocycles. The zero-order valence-corrected chi connectivity index (χ0v) is 13.6. The third kappa shape index (κ3) is 3.65. The van der Waals surface area contributed by atoms with Gasteiger partial charge in [-0.2, -0.15) is 0 Å². The van der Waals surface area contributed by atoms with Crippen molar-refractivity contribution in [1.29, 1.82) is 0 Å². The maximum atomic E-state index is 13.0. The summed E-state index contributed by atoms with van der Waals surface area (Å²) in [6.45, 7) is 1.73. The molecule has 2 aromatic carbocycles. The van der Waals surface area contributed by atoms with E-state index < -0.39 is 11.1 Å². The van der Waals surface area contributed by atoms with E-state index in [2.05, 4.69) is 10.3 Å². The van der Waals surface area contributed by atoms with Gasteiger partial charge in [0.15, 0.2) is 5.58 Å². The second-order valence-electron chi connectivity index (χ2n) is 4.82. The average Bonchev–Trinajstić information content (AvgIpc) is 2.92. The van der Waals surface area contributed by atoms with Crippen LogP contribution in [0.4, 0.5) is 10.1 Å². The van der Waals surface area contributed by atoms with Crippen molar-refractivity contribution in [3.8, 4) is 0 Å². The molecule has 1 aromatic heterocycles. The van der Waals surface area contributed by atoms with E-state index in [1.807, 2.05) is 24.3 Å². The summed E-state index contributed by atoms with van der Waals surface area (Å²) in [5.74, 6) is -0.729. The summed E-state index contributed by atoms with van der Waals surface area (Å²) in [5.41, 5.74) is 1.77. The van der Waals surface area contributed by atoms with E-state index in [0.717, 1.165) is 11.6 Å². The molecule has 0 aliphatic rings. The van der Waals surface area contributed by atoms with Crippen LogP contribution in [0.5, 0.6) is 0 Å². The number of carbonyl (C=O) groups is 1. The first-order valence-electron chi connectivity index (χ1n) is 6.81. The number of halogens is 2. The molecule has 0 saturated heterocycles. The Balaban J connectivity index is 1.69. The highest BCUT2D eigenvalue weighted by Crippen LogP contribution is 2.28. The molecular formula is C16H12ClFN2O2S. The normalized spacial score (nSPS) is 12.3. The van der Waals surface area contributed by atoms with Crippen molar-refractivity contribution in [2.75, 3.05) is 5.32 Å². The van der Waals surface area contributed by atoms with E-state index >= 15 is 0 Å². The Morgan fingerprint density at radius 1 is 1.35 bits per heavy atom. The molecule has 0 bridgehead atoms. The lowest BCUT2D eigenvalue weighted by Crippen LogP contribution is -2.22. The van der Waals surface area contributed by atoms with Gasteiger partial charge in [0.25, 0.3) is 5.22 Å². The lowest BCUT2D eigenvalue weighted by molar-refractivity contribution is -0.115. The number of oxazole rings is 1. The van der Waals surface area contributed by atoms with Crippen LogP contribution in [0.2, 0.25) is 5.02 Å². The molecule has 0 aliphatic carbocycles. The van der Waals surface area contributed by atoms with Gasteiger partial charge in [-0.25, -0.2) is 9.37 Å². The predicted molar refractivity (Wildman–Crippen MR) is 89.4 cm³/mol. The van der Waals surface area contributed by atoms with Gasteiger partial charge in [0.05, 0.1) is 16.0 Å². The molecule has 0 saturated carbocycles. The number of aromatic nitrogens is 1. The fourth-order valence-corrected chi connectivity index (χ4v) is 2.90. The van der Waals surface area contributed by atoms with Crippen LogP contribution in [0.25, 0.3) is 11.1 Å². The molecule has 0 spiro atoms. The van der Waals surface area contributed by atoms with E-state index in [0.29, 0.717) is 16.5 Å². The predicted octanol–water partition coefficient (Wildman–Crippen LogP) is 4.74. The van der Waals surface area contributed by atoms with Gasteiger partial charge in [0.1, 0.15) is 11.3 Å². The molecule has 23 heavy (non-hydrogen) atoms. The van der Waals surface area contributed by atoms with Crippen LogP contribution in [-0.4, -0.2) is 16.1 Å². The quantitative estimate of drug-likeness (QED) is 0.690. The van der Waals surface area contributed by atoms with E-state index in [4.69, 9.17) is 16.0 Å². The molecule has 7 heteroatoms. The highest BCUT2D eigenvalue weighted by molar-refractivity contribution is 8.00. The number of thioether (sulfide) groups is 1. The molecular weight excluding hydrogens is 339 g/mol. The van der Waals surface area contributed by atoms with Crippen molar-refractivity contribution in [2.45, 2.75) is 17.4 Å². The van der Waals surface area contributed by atoms with E-state index in [9.17, 15) is 9.18 Å². The highest BCUT2D eigenvalue weighted by Gasteiger charge is 2.19. The number of para-hydroxylation sites is 2. The first-order chi connectivity index (χ1) is 11.0. The SMILES string of the molecule is C[C@@H](Sc1nc2ccccc2o1)C(=O)Nc1ccc(F)cc1Cl. The molecule has 118 valence electrons. The molecule has 4 nitrogen and oxygen atoms in total. The largest absolute Gasteiger partial charge is 0.431 e.